The number of aliphatic hydroxyl groups is 1. The first-order valence-corrected chi connectivity index (χ1v) is 6.36. The molecule has 1 aliphatic carbocycles. The molecule has 0 unspecified atom stereocenters. The summed E-state index contributed by atoms with van der Waals surface area (Å²) in [5.41, 5.74) is 2.56. The van der Waals surface area contributed by atoms with Gasteiger partial charge in [-0.15, -0.1) is 0 Å². The number of aliphatic hydroxyl groups excluding tert-OH is 1. The number of benzene rings is 1. The average Bonchev–Trinajstić information content (AvgIpc) is 2.76. The number of rotatable bonds is 3. The van der Waals surface area contributed by atoms with E-state index < -0.39 is 12.1 Å². The van der Waals surface area contributed by atoms with Gasteiger partial charge in [-0.1, -0.05) is 24.3 Å². The highest BCUT2D eigenvalue weighted by molar-refractivity contribution is 5.93. The molecule has 3 N–H and O–H groups in total. The Morgan fingerprint density at radius 1 is 1.30 bits per heavy atom. The fraction of sp³-hybridized carbons (Fsp3) is 0.200. The molecular weight excluding hydrogens is 256 g/mol. The Labute approximate surface area is 115 Å². The van der Waals surface area contributed by atoms with E-state index in [1.54, 1.807) is 0 Å². The van der Waals surface area contributed by atoms with Crippen LogP contribution in [-0.2, 0) is 6.42 Å². The van der Waals surface area contributed by atoms with Gasteiger partial charge in [0.2, 0.25) is 0 Å². The van der Waals surface area contributed by atoms with E-state index in [-0.39, 0.29) is 11.6 Å². The van der Waals surface area contributed by atoms with Crippen LogP contribution in [0.1, 0.15) is 27.6 Å². The zero-order chi connectivity index (χ0) is 14.1. The zero-order valence-electron chi connectivity index (χ0n) is 10.7. The van der Waals surface area contributed by atoms with Crippen molar-refractivity contribution < 1.29 is 15.0 Å². The molecule has 0 saturated carbocycles. The number of nitrogens with one attached hydrogen (secondary N) is 1. The van der Waals surface area contributed by atoms with Gasteiger partial charge in [-0.25, -0.2) is 4.79 Å². The van der Waals surface area contributed by atoms with Gasteiger partial charge in [-0.2, -0.15) is 0 Å². The predicted molar refractivity (Wildman–Crippen MR) is 73.7 cm³/mol. The molecule has 3 rings (SSSR count). The number of aromatic carboxylic acids is 1. The molecule has 1 aliphatic rings. The minimum atomic E-state index is -1.01. The number of carboxylic acid groups (broad SMARTS) is 1. The molecule has 0 aliphatic heterocycles. The molecule has 102 valence electrons. The van der Waals surface area contributed by atoms with Gasteiger partial charge in [0.05, 0.1) is 29.6 Å². The van der Waals surface area contributed by atoms with Gasteiger partial charge in [0, 0.05) is 6.20 Å². The number of hydrogen-bond donors (Lipinski definition) is 3. The molecular formula is C15H14N2O3. The van der Waals surface area contributed by atoms with Crippen LogP contribution < -0.4 is 5.32 Å². The Balaban J connectivity index is 1.86. The second kappa shape index (κ2) is 4.94. The summed E-state index contributed by atoms with van der Waals surface area (Å²) in [5.74, 6) is -1.01. The molecule has 1 heterocycles. The summed E-state index contributed by atoms with van der Waals surface area (Å²) in [6, 6.07) is 8.89. The smallest absolute Gasteiger partial charge is 0.337 e. The average molecular weight is 270 g/mol. The first-order chi connectivity index (χ1) is 9.66. The lowest BCUT2D eigenvalue weighted by Gasteiger charge is -2.19. The second-order valence-electron chi connectivity index (χ2n) is 4.83. The van der Waals surface area contributed by atoms with E-state index in [1.165, 1.54) is 18.5 Å². The van der Waals surface area contributed by atoms with Crippen LogP contribution in [0.2, 0.25) is 0 Å². The number of aromatic nitrogens is 1. The first-order valence-electron chi connectivity index (χ1n) is 6.36. The van der Waals surface area contributed by atoms with Crippen molar-refractivity contribution in [2.45, 2.75) is 18.6 Å². The summed E-state index contributed by atoms with van der Waals surface area (Å²) in [6.45, 7) is 0. The first kappa shape index (κ1) is 12.6. The fourth-order valence-corrected chi connectivity index (χ4v) is 2.60. The maximum atomic E-state index is 11.2. The van der Waals surface area contributed by atoms with Crippen LogP contribution in [0, 0.1) is 0 Å². The Bertz CT molecular complexity index is 657. The second-order valence-corrected chi connectivity index (χ2v) is 4.83. The van der Waals surface area contributed by atoms with Crippen LogP contribution in [0.4, 0.5) is 5.69 Å². The highest BCUT2D eigenvalue weighted by Gasteiger charge is 2.31. The molecule has 0 radical (unpaired) electrons. The topological polar surface area (TPSA) is 82.5 Å². The van der Waals surface area contributed by atoms with Gasteiger partial charge in [-0.05, 0) is 23.6 Å². The summed E-state index contributed by atoms with van der Waals surface area (Å²) in [5, 5.41) is 22.5. The summed E-state index contributed by atoms with van der Waals surface area (Å²) < 4.78 is 0. The molecule has 1 aromatic carbocycles. The van der Waals surface area contributed by atoms with Crippen molar-refractivity contribution in [3.05, 3.63) is 59.4 Å². The molecule has 1 aromatic heterocycles. The molecule has 2 aromatic rings. The van der Waals surface area contributed by atoms with Crippen molar-refractivity contribution >= 4 is 11.7 Å². The van der Waals surface area contributed by atoms with Crippen molar-refractivity contribution in [3.8, 4) is 0 Å². The summed E-state index contributed by atoms with van der Waals surface area (Å²) in [6.07, 6.45) is 2.92. The molecule has 0 fully saturated rings. The lowest BCUT2D eigenvalue weighted by molar-refractivity contribution is 0.0697. The maximum absolute atomic E-state index is 11.2. The van der Waals surface area contributed by atoms with Crippen molar-refractivity contribution in [1.82, 2.24) is 4.98 Å². The van der Waals surface area contributed by atoms with Gasteiger partial charge in [-0.3, -0.25) is 4.98 Å². The van der Waals surface area contributed by atoms with E-state index in [0.717, 1.165) is 11.1 Å². The van der Waals surface area contributed by atoms with Gasteiger partial charge in [0.15, 0.2) is 0 Å². The summed E-state index contributed by atoms with van der Waals surface area (Å²) in [4.78, 5) is 15.1. The third-order valence-electron chi connectivity index (χ3n) is 3.59. The number of anilines is 1. The molecule has 5 heteroatoms. The van der Waals surface area contributed by atoms with Crippen molar-refractivity contribution in [3.63, 3.8) is 0 Å². The zero-order valence-corrected chi connectivity index (χ0v) is 10.7. The number of carboxylic acids is 1. The highest BCUT2D eigenvalue weighted by Crippen LogP contribution is 2.33. The van der Waals surface area contributed by atoms with Crippen molar-refractivity contribution in [1.29, 1.82) is 0 Å². The monoisotopic (exact) mass is 270 g/mol. The van der Waals surface area contributed by atoms with Gasteiger partial charge >= 0.3 is 5.97 Å². The predicted octanol–water partition coefficient (Wildman–Crippen LogP) is 1.85. The maximum Gasteiger partial charge on any atom is 0.337 e. The van der Waals surface area contributed by atoms with Gasteiger partial charge < -0.3 is 15.5 Å². The third kappa shape index (κ3) is 2.12. The Kier molecular flexibility index (Phi) is 3.12. The summed E-state index contributed by atoms with van der Waals surface area (Å²) in [7, 11) is 0. The van der Waals surface area contributed by atoms with Gasteiger partial charge in [0.25, 0.3) is 0 Å². The van der Waals surface area contributed by atoms with Crippen LogP contribution in [-0.4, -0.2) is 27.2 Å². The molecule has 0 spiro atoms. The van der Waals surface area contributed by atoms with E-state index in [9.17, 15) is 9.90 Å². The largest absolute Gasteiger partial charge is 0.478 e. The molecule has 0 amide bonds. The van der Waals surface area contributed by atoms with E-state index in [0.29, 0.717) is 12.1 Å². The molecule has 0 saturated heterocycles. The highest BCUT2D eigenvalue weighted by atomic mass is 16.4. The van der Waals surface area contributed by atoms with Crippen molar-refractivity contribution in [2.24, 2.45) is 0 Å². The Morgan fingerprint density at radius 2 is 2.10 bits per heavy atom. The van der Waals surface area contributed by atoms with E-state index in [2.05, 4.69) is 10.3 Å². The molecule has 0 bridgehead atoms. The lowest BCUT2D eigenvalue weighted by atomic mass is 10.1. The SMILES string of the molecule is O=C(O)c1ccncc1N[C@H]1Cc2ccccc2[C@H]1O. The normalized spacial score (nSPS) is 20.4. The van der Waals surface area contributed by atoms with Crippen molar-refractivity contribution in [2.75, 3.05) is 5.32 Å². The minimum Gasteiger partial charge on any atom is -0.478 e. The van der Waals surface area contributed by atoms with Crippen LogP contribution >= 0.6 is 0 Å². The summed E-state index contributed by atoms with van der Waals surface area (Å²) >= 11 is 0. The minimum absolute atomic E-state index is 0.156. The molecule has 2 atom stereocenters. The van der Waals surface area contributed by atoms with Crippen LogP contribution in [0.25, 0.3) is 0 Å². The van der Waals surface area contributed by atoms with Gasteiger partial charge in [0.1, 0.15) is 0 Å². The third-order valence-corrected chi connectivity index (χ3v) is 3.59. The quantitative estimate of drug-likeness (QED) is 0.793. The number of hydrogen-bond acceptors (Lipinski definition) is 4. The van der Waals surface area contributed by atoms with E-state index in [1.807, 2.05) is 24.3 Å². The number of nitrogens with zero attached hydrogens (tertiary/aromatic N) is 1. The fourth-order valence-electron chi connectivity index (χ4n) is 2.60. The number of carbonyl (C=O) groups is 1. The Morgan fingerprint density at radius 3 is 2.85 bits per heavy atom. The molecule has 20 heavy (non-hydrogen) atoms. The molecule has 5 nitrogen and oxygen atoms in total. The standard InChI is InChI=1S/C15H14N2O3/c18-14-10-4-2-1-3-9(10)7-12(14)17-13-8-16-6-5-11(13)15(19)20/h1-6,8,12,14,17-18H,7H2,(H,19,20)/t12-,14+/m0/s1. The van der Waals surface area contributed by atoms with Crippen LogP contribution in [0.15, 0.2) is 42.7 Å². The Hall–Kier alpha value is -2.40. The van der Waals surface area contributed by atoms with Crippen LogP contribution in [0.5, 0.6) is 0 Å². The van der Waals surface area contributed by atoms with E-state index >= 15 is 0 Å². The number of pyridine rings is 1. The van der Waals surface area contributed by atoms with Crippen LogP contribution in [0.3, 0.4) is 0 Å². The van der Waals surface area contributed by atoms with E-state index in [4.69, 9.17) is 5.11 Å². The lowest BCUT2D eigenvalue weighted by Crippen LogP contribution is -2.25. The number of fused-ring (bicyclic) bond motifs is 1.